The number of thiazole rings is 1. The average molecular weight is 403 g/mol. The van der Waals surface area contributed by atoms with Gasteiger partial charge in [-0.15, -0.1) is 11.3 Å². The minimum atomic E-state index is -3.71. The number of benzene rings is 1. The molecule has 0 radical (unpaired) electrons. The van der Waals surface area contributed by atoms with Crippen molar-refractivity contribution in [3.8, 4) is 21.8 Å². The lowest BCUT2D eigenvalue weighted by molar-refractivity contribution is 0.0787. The molecule has 0 atom stereocenters. The fraction of sp³-hybridized carbons (Fsp3) is 0.222. The summed E-state index contributed by atoms with van der Waals surface area (Å²) in [5, 5.41) is 7.80. The van der Waals surface area contributed by atoms with Crippen molar-refractivity contribution in [2.24, 2.45) is 5.14 Å². The van der Waals surface area contributed by atoms with Crippen molar-refractivity contribution in [3.05, 3.63) is 47.6 Å². The molecule has 7 nitrogen and oxygen atoms in total. The van der Waals surface area contributed by atoms with Crippen molar-refractivity contribution < 1.29 is 13.2 Å². The van der Waals surface area contributed by atoms with Crippen molar-refractivity contribution in [1.29, 1.82) is 0 Å². The molecular formula is C18H18N4O3S2. The van der Waals surface area contributed by atoms with E-state index in [0.29, 0.717) is 5.69 Å². The molecule has 3 heterocycles. The lowest BCUT2D eigenvalue weighted by atomic mass is 10.2. The van der Waals surface area contributed by atoms with Crippen LogP contribution in [0, 0.1) is 0 Å². The normalized spacial score (nSPS) is 14.6. The third kappa shape index (κ3) is 3.66. The van der Waals surface area contributed by atoms with E-state index in [1.807, 2.05) is 16.3 Å². The lowest BCUT2D eigenvalue weighted by Crippen LogP contribution is -2.27. The van der Waals surface area contributed by atoms with Gasteiger partial charge in [0, 0.05) is 35.8 Å². The standard InChI is InChI=1S/C18H18N4O3S2/c19-27(24,25)14-5-3-12(4-6-14)17-21-16(11-26-17)13-9-15(20-10-13)18(23)22-7-1-2-8-22/h3-6,9-11,20H,1-2,7-8H2,(H2,19,24,25). The third-order valence-electron chi connectivity index (χ3n) is 4.54. The molecule has 1 saturated heterocycles. The molecule has 3 N–H and O–H groups in total. The SMILES string of the molecule is NS(=O)(=O)c1ccc(-c2nc(-c3c[nH]c(C(=O)N4CCCC4)c3)cs2)cc1. The number of H-pyrrole nitrogens is 1. The molecule has 0 spiro atoms. The first-order valence-electron chi connectivity index (χ1n) is 8.49. The van der Waals surface area contributed by atoms with E-state index < -0.39 is 10.0 Å². The van der Waals surface area contributed by atoms with Gasteiger partial charge in [-0.05, 0) is 31.0 Å². The fourth-order valence-electron chi connectivity index (χ4n) is 3.08. The number of rotatable bonds is 4. The van der Waals surface area contributed by atoms with Crippen LogP contribution < -0.4 is 5.14 Å². The van der Waals surface area contributed by atoms with Gasteiger partial charge in [0.2, 0.25) is 10.0 Å². The number of nitrogens with zero attached hydrogens (tertiary/aromatic N) is 2. The highest BCUT2D eigenvalue weighted by molar-refractivity contribution is 7.89. The largest absolute Gasteiger partial charge is 0.357 e. The second-order valence-corrected chi connectivity index (χ2v) is 8.83. The number of aromatic nitrogens is 2. The molecule has 0 aliphatic carbocycles. The summed E-state index contributed by atoms with van der Waals surface area (Å²) in [6.45, 7) is 1.62. The predicted octanol–water partition coefficient (Wildman–Crippen LogP) is 2.69. The Bertz CT molecular complexity index is 1080. The molecule has 1 aromatic carbocycles. The van der Waals surface area contributed by atoms with Gasteiger partial charge in [-0.25, -0.2) is 18.5 Å². The fourth-order valence-corrected chi connectivity index (χ4v) is 4.43. The second-order valence-electron chi connectivity index (χ2n) is 6.41. The van der Waals surface area contributed by atoms with Gasteiger partial charge >= 0.3 is 0 Å². The van der Waals surface area contributed by atoms with Gasteiger partial charge in [0.05, 0.1) is 10.6 Å². The second kappa shape index (κ2) is 6.91. The van der Waals surface area contributed by atoms with Crippen molar-refractivity contribution >= 4 is 27.3 Å². The Balaban J connectivity index is 1.55. The van der Waals surface area contributed by atoms with Gasteiger partial charge in [0.1, 0.15) is 10.7 Å². The first-order chi connectivity index (χ1) is 12.9. The van der Waals surface area contributed by atoms with Crippen LogP contribution in [0.2, 0.25) is 0 Å². The summed E-state index contributed by atoms with van der Waals surface area (Å²) in [4.78, 5) is 22.0. The van der Waals surface area contributed by atoms with Gasteiger partial charge in [-0.1, -0.05) is 12.1 Å². The predicted molar refractivity (Wildman–Crippen MR) is 104 cm³/mol. The van der Waals surface area contributed by atoms with Gasteiger partial charge in [-0.3, -0.25) is 4.79 Å². The Labute approximate surface area is 160 Å². The van der Waals surface area contributed by atoms with Gasteiger partial charge in [0.25, 0.3) is 5.91 Å². The number of primary sulfonamides is 1. The minimum Gasteiger partial charge on any atom is -0.357 e. The molecule has 140 valence electrons. The molecule has 4 rings (SSSR count). The van der Waals surface area contributed by atoms with Crippen molar-refractivity contribution in [1.82, 2.24) is 14.9 Å². The number of aromatic amines is 1. The topological polar surface area (TPSA) is 109 Å². The molecule has 9 heteroatoms. The Morgan fingerprint density at radius 2 is 1.85 bits per heavy atom. The molecular weight excluding hydrogens is 384 g/mol. The van der Waals surface area contributed by atoms with Crippen LogP contribution >= 0.6 is 11.3 Å². The van der Waals surface area contributed by atoms with E-state index in [4.69, 9.17) is 5.14 Å². The number of likely N-dealkylation sites (tertiary alicyclic amines) is 1. The molecule has 1 aliphatic rings. The maximum absolute atomic E-state index is 12.4. The van der Waals surface area contributed by atoms with E-state index in [0.717, 1.165) is 47.8 Å². The maximum Gasteiger partial charge on any atom is 0.270 e. The van der Waals surface area contributed by atoms with Crippen molar-refractivity contribution in [3.63, 3.8) is 0 Å². The monoisotopic (exact) mass is 402 g/mol. The van der Waals surface area contributed by atoms with Crippen LogP contribution in [0.25, 0.3) is 21.8 Å². The summed E-state index contributed by atoms with van der Waals surface area (Å²) in [5.74, 6) is 0.0211. The number of carbonyl (C=O) groups excluding carboxylic acids is 1. The summed E-state index contributed by atoms with van der Waals surface area (Å²) in [5.41, 5.74) is 2.99. The van der Waals surface area contributed by atoms with Crippen LogP contribution in [0.1, 0.15) is 23.3 Å². The van der Waals surface area contributed by atoms with Crippen LogP contribution in [0.3, 0.4) is 0 Å². The van der Waals surface area contributed by atoms with E-state index in [1.54, 1.807) is 18.3 Å². The Kier molecular flexibility index (Phi) is 4.58. The molecule has 2 aromatic heterocycles. The summed E-state index contributed by atoms with van der Waals surface area (Å²) in [7, 11) is -3.71. The number of amides is 1. The first-order valence-corrected chi connectivity index (χ1v) is 10.9. The number of carbonyl (C=O) groups is 1. The summed E-state index contributed by atoms with van der Waals surface area (Å²) in [6, 6.07) is 8.12. The van der Waals surface area contributed by atoms with Crippen molar-refractivity contribution in [2.45, 2.75) is 17.7 Å². The lowest BCUT2D eigenvalue weighted by Gasteiger charge is -2.13. The molecule has 0 unspecified atom stereocenters. The van der Waals surface area contributed by atoms with E-state index in [1.165, 1.54) is 23.5 Å². The number of nitrogens with one attached hydrogen (secondary N) is 1. The Morgan fingerprint density at radius 3 is 2.52 bits per heavy atom. The van der Waals surface area contributed by atoms with E-state index >= 15 is 0 Å². The molecule has 0 bridgehead atoms. The van der Waals surface area contributed by atoms with Crippen molar-refractivity contribution in [2.75, 3.05) is 13.1 Å². The highest BCUT2D eigenvalue weighted by Gasteiger charge is 2.21. The highest BCUT2D eigenvalue weighted by Crippen LogP contribution is 2.30. The smallest absolute Gasteiger partial charge is 0.270 e. The van der Waals surface area contributed by atoms with Crippen LogP contribution in [-0.2, 0) is 10.0 Å². The van der Waals surface area contributed by atoms with Gasteiger partial charge in [0.15, 0.2) is 0 Å². The zero-order valence-electron chi connectivity index (χ0n) is 14.4. The third-order valence-corrected chi connectivity index (χ3v) is 6.36. The zero-order chi connectivity index (χ0) is 19.0. The minimum absolute atomic E-state index is 0.0211. The van der Waals surface area contributed by atoms with Crippen LogP contribution in [0.4, 0.5) is 0 Å². The van der Waals surface area contributed by atoms with Crippen LogP contribution in [-0.4, -0.2) is 42.3 Å². The quantitative estimate of drug-likeness (QED) is 0.699. The number of nitrogens with two attached hydrogens (primary N) is 1. The number of hydrogen-bond acceptors (Lipinski definition) is 5. The summed E-state index contributed by atoms with van der Waals surface area (Å²) < 4.78 is 22.7. The zero-order valence-corrected chi connectivity index (χ0v) is 16.0. The van der Waals surface area contributed by atoms with Gasteiger partial charge in [-0.2, -0.15) is 0 Å². The van der Waals surface area contributed by atoms with E-state index in [9.17, 15) is 13.2 Å². The molecule has 3 aromatic rings. The number of hydrogen-bond donors (Lipinski definition) is 2. The van der Waals surface area contributed by atoms with Crippen LogP contribution in [0.15, 0.2) is 46.8 Å². The summed E-state index contributed by atoms with van der Waals surface area (Å²) >= 11 is 1.45. The molecule has 1 amide bonds. The molecule has 0 saturated carbocycles. The summed E-state index contributed by atoms with van der Waals surface area (Å²) in [6.07, 6.45) is 3.89. The first kappa shape index (κ1) is 17.9. The van der Waals surface area contributed by atoms with E-state index in [2.05, 4.69) is 9.97 Å². The Morgan fingerprint density at radius 1 is 1.15 bits per heavy atom. The molecule has 1 aliphatic heterocycles. The van der Waals surface area contributed by atoms with Gasteiger partial charge < -0.3 is 9.88 Å². The number of sulfonamides is 1. The van der Waals surface area contributed by atoms with Crippen LogP contribution in [0.5, 0.6) is 0 Å². The molecule has 27 heavy (non-hydrogen) atoms. The molecule has 1 fully saturated rings. The van der Waals surface area contributed by atoms with E-state index in [-0.39, 0.29) is 10.8 Å². The highest BCUT2D eigenvalue weighted by atomic mass is 32.2. The average Bonchev–Trinajstić information content (AvgIpc) is 3.41. The Hall–Kier alpha value is -2.49. The maximum atomic E-state index is 12.4.